The Hall–Kier alpha value is -3.30. The maximum atomic E-state index is 11.7. The fourth-order valence-electron chi connectivity index (χ4n) is 4.91. The van der Waals surface area contributed by atoms with Crippen LogP contribution in [-0.4, -0.2) is 28.2 Å². The average Bonchev–Trinajstić information content (AvgIpc) is 2.84. The molecule has 1 aliphatic rings. The molecule has 0 aromatic heterocycles. The van der Waals surface area contributed by atoms with Crippen molar-refractivity contribution < 1.29 is 10.2 Å². The first kappa shape index (κ1) is 22.9. The van der Waals surface area contributed by atoms with Gasteiger partial charge >= 0.3 is 0 Å². The third kappa shape index (κ3) is 5.04. The summed E-state index contributed by atoms with van der Waals surface area (Å²) in [5.41, 5.74) is 5.46. The van der Waals surface area contributed by atoms with E-state index in [1.165, 1.54) is 12.0 Å². The summed E-state index contributed by atoms with van der Waals surface area (Å²) in [7, 11) is 0. The molecule has 0 spiro atoms. The Morgan fingerprint density at radius 3 is 2.15 bits per heavy atom. The van der Waals surface area contributed by atoms with E-state index in [0.29, 0.717) is 24.0 Å². The number of phenolic OH excluding ortho intramolecular Hbond substituents is 2. The highest BCUT2D eigenvalue weighted by molar-refractivity contribution is 5.78. The fraction of sp³-hybridized carbons (Fsp3) is 0.267. The molecule has 0 amide bonds. The highest BCUT2D eigenvalue weighted by Crippen LogP contribution is 2.44. The molecule has 3 nitrogen and oxygen atoms in total. The summed E-state index contributed by atoms with van der Waals surface area (Å²) >= 11 is 0. The van der Waals surface area contributed by atoms with Crippen molar-refractivity contribution in [2.24, 2.45) is 0 Å². The van der Waals surface area contributed by atoms with Crippen LogP contribution in [0.25, 0.3) is 11.1 Å². The summed E-state index contributed by atoms with van der Waals surface area (Å²) in [5.74, 6) is 0.391. The Bertz CT molecular complexity index is 1110. The van der Waals surface area contributed by atoms with Crippen molar-refractivity contribution in [3.63, 3.8) is 0 Å². The average molecular weight is 440 g/mol. The maximum Gasteiger partial charge on any atom is 0.128 e. The van der Waals surface area contributed by atoms with E-state index < -0.39 is 0 Å². The van der Waals surface area contributed by atoms with Crippen LogP contribution in [0.5, 0.6) is 11.5 Å². The number of allylic oxidation sites excluding steroid dienone is 2. The Labute approximate surface area is 197 Å². The van der Waals surface area contributed by atoms with Gasteiger partial charge < -0.3 is 10.2 Å². The van der Waals surface area contributed by atoms with Gasteiger partial charge in [0.25, 0.3) is 0 Å². The Balaban J connectivity index is 1.92. The summed E-state index contributed by atoms with van der Waals surface area (Å²) in [6, 6.07) is 20.0. The van der Waals surface area contributed by atoms with Gasteiger partial charge in [-0.3, -0.25) is 4.90 Å². The predicted molar refractivity (Wildman–Crippen MR) is 137 cm³/mol. The van der Waals surface area contributed by atoms with Gasteiger partial charge in [-0.2, -0.15) is 0 Å². The molecule has 1 heterocycles. The zero-order chi connectivity index (χ0) is 23.2. The number of piperidine rings is 1. The third-order valence-corrected chi connectivity index (χ3v) is 6.48. The minimum absolute atomic E-state index is 0.0477. The normalized spacial score (nSPS) is 15.2. The first-order valence-corrected chi connectivity index (χ1v) is 11.8. The van der Waals surface area contributed by atoms with Crippen LogP contribution in [0, 0.1) is 0 Å². The molecule has 33 heavy (non-hydrogen) atoms. The number of aromatic hydroxyl groups is 2. The number of hydrogen-bond acceptors (Lipinski definition) is 3. The molecule has 1 atom stereocenters. The Morgan fingerprint density at radius 2 is 1.45 bits per heavy atom. The molecule has 170 valence electrons. The molecule has 4 rings (SSSR count). The van der Waals surface area contributed by atoms with E-state index in [4.69, 9.17) is 0 Å². The van der Waals surface area contributed by atoms with Gasteiger partial charge in [-0.05, 0) is 79.7 Å². The Morgan fingerprint density at radius 1 is 0.788 bits per heavy atom. The lowest BCUT2D eigenvalue weighted by molar-refractivity contribution is 0.185. The lowest BCUT2D eigenvalue weighted by Crippen LogP contribution is -2.34. The van der Waals surface area contributed by atoms with E-state index in [-0.39, 0.29) is 17.5 Å². The van der Waals surface area contributed by atoms with Crippen molar-refractivity contribution in [2.45, 2.75) is 38.1 Å². The minimum atomic E-state index is -0.0477. The van der Waals surface area contributed by atoms with Crippen LogP contribution in [0.15, 0.2) is 86.0 Å². The van der Waals surface area contributed by atoms with E-state index >= 15 is 0 Å². The molecular formula is C30H33NO2. The topological polar surface area (TPSA) is 43.7 Å². The molecule has 0 aliphatic carbocycles. The number of phenols is 2. The van der Waals surface area contributed by atoms with Crippen LogP contribution >= 0.6 is 0 Å². The Kier molecular flexibility index (Phi) is 7.31. The highest BCUT2D eigenvalue weighted by Gasteiger charge is 2.28. The first-order valence-electron chi connectivity index (χ1n) is 11.8. The zero-order valence-corrected chi connectivity index (χ0v) is 19.2. The second-order valence-electron chi connectivity index (χ2n) is 8.83. The standard InChI is InChI=1S/C30H33NO2/c1-3-11-22-15-16-28(32)25(19-22)26-20-23(12-4-2)21-27(30(26)33)29(24-13-7-5-8-14-24)31-17-9-6-10-18-31/h3-5,7-8,13-16,19-21,29,32-33H,1-2,6,9-12,17-18H2. The fourth-order valence-corrected chi connectivity index (χ4v) is 4.91. The minimum Gasteiger partial charge on any atom is -0.507 e. The monoisotopic (exact) mass is 439 g/mol. The molecule has 1 unspecified atom stereocenters. The first-order chi connectivity index (χ1) is 16.1. The van der Waals surface area contributed by atoms with E-state index in [1.807, 2.05) is 36.4 Å². The van der Waals surface area contributed by atoms with Crippen molar-refractivity contribution >= 4 is 0 Å². The summed E-state index contributed by atoms with van der Waals surface area (Å²) in [6.07, 6.45) is 8.68. The van der Waals surface area contributed by atoms with E-state index in [2.05, 4.69) is 48.4 Å². The number of benzene rings is 3. The number of hydrogen-bond donors (Lipinski definition) is 2. The van der Waals surface area contributed by atoms with Crippen molar-refractivity contribution in [1.29, 1.82) is 0 Å². The van der Waals surface area contributed by atoms with Crippen molar-refractivity contribution in [3.05, 3.63) is 108 Å². The van der Waals surface area contributed by atoms with E-state index in [1.54, 1.807) is 6.07 Å². The second-order valence-corrected chi connectivity index (χ2v) is 8.83. The SMILES string of the molecule is C=CCc1ccc(O)c(-c2cc(CC=C)cc(C(c3ccccc3)N3CCCCC3)c2O)c1. The van der Waals surface area contributed by atoms with Crippen LogP contribution in [0.4, 0.5) is 0 Å². The van der Waals surface area contributed by atoms with Gasteiger partial charge in [-0.25, -0.2) is 0 Å². The molecule has 0 radical (unpaired) electrons. The van der Waals surface area contributed by atoms with Crippen LogP contribution in [-0.2, 0) is 12.8 Å². The van der Waals surface area contributed by atoms with E-state index in [9.17, 15) is 10.2 Å². The smallest absolute Gasteiger partial charge is 0.128 e. The van der Waals surface area contributed by atoms with Gasteiger partial charge in [0.15, 0.2) is 0 Å². The predicted octanol–water partition coefficient (Wildman–Crippen LogP) is 6.80. The molecule has 1 saturated heterocycles. The van der Waals surface area contributed by atoms with Crippen molar-refractivity contribution in [2.75, 3.05) is 13.1 Å². The largest absolute Gasteiger partial charge is 0.507 e. The lowest BCUT2D eigenvalue weighted by Gasteiger charge is -2.36. The molecular weight excluding hydrogens is 406 g/mol. The van der Waals surface area contributed by atoms with Gasteiger partial charge in [0.2, 0.25) is 0 Å². The molecule has 3 heteroatoms. The van der Waals surface area contributed by atoms with Gasteiger partial charge in [0.05, 0.1) is 6.04 Å². The molecule has 0 bridgehead atoms. The molecule has 3 aromatic carbocycles. The van der Waals surface area contributed by atoms with Crippen molar-refractivity contribution in [3.8, 4) is 22.6 Å². The van der Waals surface area contributed by atoms with Gasteiger partial charge in [-0.15, -0.1) is 13.2 Å². The summed E-state index contributed by atoms with van der Waals surface area (Å²) in [6.45, 7) is 9.76. The number of rotatable bonds is 8. The lowest BCUT2D eigenvalue weighted by atomic mass is 9.88. The third-order valence-electron chi connectivity index (χ3n) is 6.48. The quantitative estimate of drug-likeness (QED) is 0.380. The zero-order valence-electron chi connectivity index (χ0n) is 19.2. The van der Waals surface area contributed by atoms with Crippen LogP contribution in [0.1, 0.15) is 47.6 Å². The molecule has 1 fully saturated rings. The number of nitrogens with zero attached hydrogens (tertiary/aromatic N) is 1. The number of likely N-dealkylation sites (tertiary alicyclic amines) is 1. The summed E-state index contributed by atoms with van der Waals surface area (Å²) < 4.78 is 0. The van der Waals surface area contributed by atoms with Gasteiger partial charge in [0, 0.05) is 16.7 Å². The van der Waals surface area contributed by atoms with Crippen LogP contribution < -0.4 is 0 Å². The summed E-state index contributed by atoms with van der Waals surface area (Å²) in [4.78, 5) is 2.48. The second kappa shape index (κ2) is 10.5. The molecule has 3 aromatic rings. The summed E-state index contributed by atoms with van der Waals surface area (Å²) in [5, 5.41) is 22.4. The molecule has 2 N–H and O–H groups in total. The highest BCUT2D eigenvalue weighted by atomic mass is 16.3. The maximum absolute atomic E-state index is 11.7. The van der Waals surface area contributed by atoms with E-state index in [0.717, 1.165) is 42.6 Å². The molecule has 1 aliphatic heterocycles. The van der Waals surface area contributed by atoms with Crippen molar-refractivity contribution in [1.82, 2.24) is 4.90 Å². The van der Waals surface area contributed by atoms with Crippen LogP contribution in [0.2, 0.25) is 0 Å². The van der Waals surface area contributed by atoms with Crippen LogP contribution in [0.3, 0.4) is 0 Å². The molecule has 0 saturated carbocycles. The van der Waals surface area contributed by atoms with Gasteiger partial charge in [-0.1, -0.05) is 55.0 Å². The van der Waals surface area contributed by atoms with Gasteiger partial charge in [0.1, 0.15) is 11.5 Å².